The molecule has 1 aromatic carbocycles. The molecule has 0 saturated carbocycles. The lowest BCUT2D eigenvalue weighted by Gasteiger charge is -2.33. The molecule has 24 heavy (non-hydrogen) atoms. The molecule has 1 aliphatic heterocycles. The van der Waals surface area contributed by atoms with Gasteiger partial charge in [0.15, 0.2) is 0 Å². The number of H-pyrrole nitrogens is 1. The zero-order valence-corrected chi connectivity index (χ0v) is 14.1. The summed E-state index contributed by atoms with van der Waals surface area (Å²) in [5, 5.41) is 10.3. The maximum Gasteiger partial charge on any atom is 0.246 e. The van der Waals surface area contributed by atoms with Crippen LogP contribution in [0.15, 0.2) is 35.5 Å². The molecule has 0 spiro atoms. The van der Waals surface area contributed by atoms with Crippen LogP contribution in [0.5, 0.6) is 0 Å². The molecule has 1 fully saturated rings. The summed E-state index contributed by atoms with van der Waals surface area (Å²) in [5.41, 5.74) is 0.396. The smallest absolute Gasteiger partial charge is 0.246 e. The molecule has 8 heteroatoms. The number of imidazole rings is 1. The number of hydrogen-bond donors (Lipinski definition) is 2. The lowest BCUT2D eigenvalue weighted by atomic mass is 9.92. The molecule has 1 atom stereocenters. The molecule has 0 bridgehead atoms. The fraction of sp³-hybridized carbons (Fsp3) is 0.438. The quantitative estimate of drug-likeness (QED) is 0.880. The number of aliphatic hydroxyl groups excluding tert-OH is 1. The van der Waals surface area contributed by atoms with Crippen molar-refractivity contribution >= 4 is 10.0 Å². The van der Waals surface area contributed by atoms with E-state index in [1.54, 1.807) is 25.4 Å². The van der Waals surface area contributed by atoms with E-state index in [-0.39, 0.29) is 23.9 Å². The van der Waals surface area contributed by atoms with Gasteiger partial charge in [-0.1, -0.05) is 12.1 Å². The summed E-state index contributed by atoms with van der Waals surface area (Å²) in [6, 6.07) is 4.24. The fourth-order valence-electron chi connectivity index (χ4n) is 3.17. The van der Waals surface area contributed by atoms with Gasteiger partial charge in [0.05, 0.1) is 0 Å². The van der Waals surface area contributed by atoms with Crippen molar-refractivity contribution in [1.29, 1.82) is 0 Å². The number of aryl methyl sites for hydroxylation is 1. The molecule has 0 aliphatic carbocycles. The molecule has 2 aromatic rings. The molecule has 2 heterocycles. The van der Waals surface area contributed by atoms with Crippen LogP contribution in [0.2, 0.25) is 0 Å². The molecule has 6 nitrogen and oxygen atoms in total. The third kappa shape index (κ3) is 3.09. The average molecular weight is 353 g/mol. The van der Waals surface area contributed by atoms with E-state index in [1.165, 1.54) is 10.4 Å². The van der Waals surface area contributed by atoms with E-state index in [4.69, 9.17) is 0 Å². The largest absolute Gasteiger partial charge is 0.385 e. The number of aromatic nitrogens is 2. The zero-order valence-electron chi connectivity index (χ0n) is 13.3. The number of sulfonamides is 1. The summed E-state index contributed by atoms with van der Waals surface area (Å²) in [6.07, 6.45) is 3.45. The van der Waals surface area contributed by atoms with Gasteiger partial charge in [0.25, 0.3) is 0 Å². The molecule has 1 aromatic heterocycles. The summed E-state index contributed by atoms with van der Waals surface area (Å²) in [6.45, 7) is 2.08. The van der Waals surface area contributed by atoms with Crippen LogP contribution in [-0.2, 0) is 10.0 Å². The topological polar surface area (TPSA) is 86.3 Å². The van der Waals surface area contributed by atoms with Gasteiger partial charge in [-0.15, -0.1) is 0 Å². The predicted octanol–water partition coefficient (Wildman–Crippen LogP) is 1.99. The Kier molecular flexibility index (Phi) is 4.71. The van der Waals surface area contributed by atoms with Gasteiger partial charge in [0, 0.05) is 25.5 Å². The van der Waals surface area contributed by atoms with Crippen LogP contribution in [0, 0.1) is 18.7 Å². The van der Waals surface area contributed by atoms with Crippen molar-refractivity contribution in [3.05, 3.63) is 47.8 Å². The first-order valence-electron chi connectivity index (χ1n) is 7.84. The minimum absolute atomic E-state index is 0.0793. The second-order valence-electron chi connectivity index (χ2n) is 6.05. The normalized spacial score (nSPS) is 18.6. The summed E-state index contributed by atoms with van der Waals surface area (Å²) in [4.78, 5) is 6.66. The molecule has 1 saturated heterocycles. The molecule has 0 amide bonds. The Morgan fingerprint density at radius 2 is 2.08 bits per heavy atom. The summed E-state index contributed by atoms with van der Waals surface area (Å²) in [7, 11) is -3.87. The molecule has 130 valence electrons. The van der Waals surface area contributed by atoms with Crippen LogP contribution in [0.1, 0.15) is 30.3 Å². The average Bonchev–Trinajstić information content (AvgIpc) is 3.08. The van der Waals surface area contributed by atoms with Gasteiger partial charge in [-0.05, 0) is 37.3 Å². The van der Waals surface area contributed by atoms with Crippen molar-refractivity contribution in [1.82, 2.24) is 14.3 Å². The highest BCUT2D eigenvalue weighted by Gasteiger charge is 2.35. The lowest BCUT2D eigenvalue weighted by molar-refractivity contribution is 0.0696. The minimum Gasteiger partial charge on any atom is -0.385 e. The van der Waals surface area contributed by atoms with Gasteiger partial charge >= 0.3 is 0 Å². The van der Waals surface area contributed by atoms with E-state index in [0.29, 0.717) is 24.2 Å². The number of aliphatic hydroxyl groups is 1. The van der Waals surface area contributed by atoms with Crippen LogP contribution < -0.4 is 0 Å². The second kappa shape index (κ2) is 6.62. The standard InChI is InChI=1S/C16H20FN3O3S/c1-11-3-2-4-13(17)15(11)24(22,23)20-9-5-12(6-10-20)14(21)16-18-7-8-19-16/h2-4,7-8,12,14,21H,5-6,9-10H2,1H3,(H,18,19). The molecular formula is C16H20FN3O3S. The summed E-state index contributed by atoms with van der Waals surface area (Å²) in [5.74, 6) is -0.321. The van der Waals surface area contributed by atoms with Crippen molar-refractivity contribution < 1.29 is 17.9 Å². The Morgan fingerprint density at radius 1 is 1.38 bits per heavy atom. The van der Waals surface area contributed by atoms with Gasteiger partial charge < -0.3 is 10.1 Å². The molecule has 3 rings (SSSR count). The van der Waals surface area contributed by atoms with E-state index in [1.807, 2.05) is 0 Å². The molecule has 1 aliphatic rings. The number of hydrogen-bond acceptors (Lipinski definition) is 4. The highest BCUT2D eigenvalue weighted by atomic mass is 32.2. The van der Waals surface area contributed by atoms with Crippen molar-refractivity contribution in [2.24, 2.45) is 5.92 Å². The summed E-state index contributed by atoms with van der Waals surface area (Å²) < 4.78 is 40.8. The van der Waals surface area contributed by atoms with Crippen LogP contribution in [-0.4, -0.2) is 40.9 Å². The number of aromatic amines is 1. The zero-order chi connectivity index (χ0) is 17.3. The molecular weight excluding hydrogens is 333 g/mol. The second-order valence-corrected chi connectivity index (χ2v) is 7.92. The number of benzene rings is 1. The first-order chi connectivity index (χ1) is 11.4. The van der Waals surface area contributed by atoms with Crippen molar-refractivity contribution in [2.45, 2.75) is 30.8 Å². The minimum atomic E-state index is -3.87. The highest BCUT2D eigenvalue weighted by molar-refractivity contribution is 7.89. The van der Waals surface area contributed by atoms with Crippen LogP contribution >= 0.6 is 0 Å². The lowest BCUT2D eigenvalue weighted by Crippen LogP contribution is -2.40. The first-order valence-corrected chi connectivity index (χ1v) is 9.28. The van der Waals surface area contributed by atoms with Crippen LogP contribution in [0.25, 0.3) is 0 Å². The molecule has 2 N–H and O–H groups in total. The number of rotatable bonds is 4. The maximum atomic E-state index is 14.0. The van der Waals surface area contributed by atoms with Gasteiger partial charge in [-0.2, -0.15) is 4.31 Å². The van der Waals surface area contributed by atoms with Crippen LogP contribution in [0.3, 0.4) is 0 Å². The maximum absolute atomic E-state index is 14.0. The van der Waals surface area contributed by atoms with Crippen molar-refractivity contribution in [2.75, 3.05) is 13.1 Å². The first kappa shape index (κ1) is 17.1. The van der Waals surface area contributed by atoms with E-state index in [2.05, 4.69) is 9.97 Å². The van der Waals surface area contributed by atoms with Crippen molar-refractivity contribution in [3.63, 3.8) is 0 Å². The third-order valence-corrected chi connectivity index (χ3v) is 6.58. The predicted molar refractivity (Wildman–Crippen MR) is 86.2 cm³/mol. The Hall–Kier alpha value is -1.77. The fourth-order valence-corrected chi connectivity index (χ4v) is 4.91. The number of piperidine rings is 1. The van der Waals surface area contributed by atoms with E-state index in [0.717, 1.165) is 6.07 Å². The number of halogens is 1. The Balaban J connectivity index is 1.74. The highest BCUT2D eigenvalue weighted by Crippen LogP contribution is 2.32. The molecule has 0 radical (unpaired) electrons. The van der Waals surface area contributed by atoms with Gasteiger partial charge in [0.2, 0.25) is 10.0 Å². The van der Waals surface area contributed by atoms with E-state index in [9.17, 15) is 17.9 Å². The van der Waals surface area contributed by atoms with E-state index < -0.39 is 21.9 Å². The summed E-state index contributed by atoms with van der Waals surface area (Å²) >= 11 is 0. The Morgan fingerprint density at radius 3 is 2.67 bits per heavy atom. The number of nitrogens with zero attached hydrogens (tertiary/aromatic N) is 2. The van der Waals surface area contributed by atoms with E-state index >= 15 is 0 Å². The SMILES string of the molecule is Cc1cccc(F)c1S(=O)(=O)N1CCC(C(O)c2ncc[nH]2)CC1. The number of nitrogens with one attached hydrogen (secondary N) is 1. The van der Waals surface area contributed by atoms with Crippen molar-refractivity contribution in [3.8, 4) is 0 Å². The Bertz CT molecular complexity index is 780. The van der Waals surface area contributed by atoms with Gasteiger partial charge in [-0.25, -0.2) is 17.8 Å². The monoisotopic (exact) mass is 353 g/mol. The molecule has 1 unspecified atom stereocenters. The van der Waals surface area contributed by atoms with Crippen LogP contribution in [0.4, 0.5) is 4.39 Å². The Labute approximate surface area is 140 Å². The third-order valence-electron chi connectivity index (χ3n) is 4.51. The van der Waals surface area contributed by atoms with Gasteiger partial charge in [-0.3, -0.25) is 0 Å². The van der Waals surface area contributed by atoms with Gasteiger partial charge in [0.1, 0.15) is 22.6 Å².